The van der Waals surface area contributed by atoms with Gasteiger partial charge in [-0.15, -0.1) is 0 Å². The molecule has 0 rings (SSSR count). The van der Waals surface area contributed by atoms with Crippen molar-refractivity contribution in [2.24, 2.45) is 10.7 Å². The molecule has 0 heterocycles. The lowest BCUT2D eigenvalue weighted by atomic mass is 10.4. The van der Waals surface area contributed by atoms with Crippen molar-refractivity contribution in [2.75, 3.05) is 7.11 Å². The second kappa shape index (κ2) is 4.75. The monoisotopic (exact) mass is 164 g/mol. The number of rotatable bonds is 1. The third-order valence-corrected chi connectivity index (χ3v) is 1.05. The lowest BCUT2D eigenvalue weighted by Crippen LogP contribution is -2.00. The lowest BCUT2D eigenvalue weighted by molar-refractivity contribution is 0.399. The number of nitriles is 2. The van der Waals surface area contributed by atoms with Gasteiger partial charge in [-0.3, -0.25) is 0 Å². The highest BCUT2D eigenvalue weighted by atomic mass is 16.5. The molecule has 5 nitrogen and oxygen atoms in total. The first-order valence-electron chi connectivity index (χ1n) is 3.05. The Labute approximate surface area is 70.4 Å². The molecule has 0 aliphatic rings. The summed E-state index contributed by atoms with van der Waals surface area (Å²) in [5.41, 5.74) is 4.82. The summed E-state index contributed by atoms with van der Waals surface area (Å²) in [6.45, 7) is 1.56. The Morgan fingerprint density at radius 3 is 2.33 bits per heavy atom. The molecule has 0 spiro atoms. The fraction of sp³-hybridized carbons (Fsp3) is 0.286. The van der Waals surface area contributed by atoms with Crippen LogP contribution in [0.1, 0.15) is 6.92 Å². The molecule has 2 N–H and O–H groups in total. The molecule has 0 aliphatic carbocycles. The molecule has 62 valence electrons. The standard InChI is InChI=1S/C7H8N4O/c1-5(12-2)11-7(4-9)6(10)3-8/h10H2,1-2H3. The molecule has 5 heteroatoms. The van der Waals surface area contributed by atoms with E-state index >= 15 is 0 Å². The van der Waals surface area contributed by atoms with Crippen LogP contribution in [0.4, 0.5) is 0 Å². The van der Waals surface area contributed by atoms with Crippen LogP contribution in [0, 0.1) is 22.7 Å². The summed E-state index contributed by atoms with van der Waals surface area (Å²) in [5, 5.41) is 16.8. The highest BCUT2D eigenvalue weighted by Gasteiger charge is 2.00. The fourth-order valence-corrected chi connectivity index (χ4v) is 0.401. The van der Waals surface area contributed by atoms with Crippen LogP contribution in [0.25, 0.3) is 0 Å². The minimum Gasteiger partial charge on any atom is -0.484 e. The van der Waals surface area contributed by atoms with Gasteiger partial charge in [0, 0.05) is 6.92 Å². The molecule has 0 atom stereocenters. The van der Waals surface area contributed by atoms with Gasteiger partial charge in [0.2, 0.25) is 0 Å². The average molecular weight is 164 g/mol. The van der Waals surface area contributed by atoms with Gasteiger partial charge in [-0.05, 0) is 0 Å². The summed E-state index contributed by atoms with van der Waals surface area (Å²) in [4.78, 5) is 3.65. The number of methoxy groups -OCH3 is 1. The number of allylic oxidation sites excluding steroid dienone is 2. The van der Waals surface area contributed by atoms with E-state index < -0.39 is 0 Å². The molecule has 0 bridgehead atoms. The van der Waals surface area contributed by atoms with Gasteiger partial charge in [-0.2, -0.15) is 10.5 Å². The largest absolute Gasteiger partial charge is 0.484 e. The first kappa shape index (κ1) is 9.99. The first-order valence-corrected chi connectivity index (χ1v) is 3.05. The van der Waals surface area contributed by atoms with Gasteiger partial charge >= 0.3 is 0 Å². The van der Waals surface area contributed by atoms with Crippen molar-refractivity contribution in [1.82, 2.24) is 0 Å². The highest BCUT2D eigenvalue weighted by Crippen LogP contribution is 1.99. The van der Waals surface area contributed by atoms with E-state index in [-0.39, 0.29) is 17.3 Å². The van der Waals surface area contributed by atoms with Crippen molar-refractivity contribution < 1.29 is 4.74 Å². The van der Waals surface area contributed by atoms with Crippen molar-refractivity contribution in [2.45, 2.75) is 6.92 Å². The maximum atomic E-state index is 8.47. The van der Waals surface area contributed by atoms with Crippen molar-refractivity contribution in [3.05, 3.63) is 11.4 Å². The molecular formula is C7H8N4O. The van der Waals surface area contributed by atoms with Gasteiger partial charge in [-0.25, -0.2) is 4.99 Å². The molecule has 0 aromatic heterocycles. The summed E-state index contributed by atoms with van der Waals surface area (Å²) < 4.78 is 4.68. The number of nitrogens with two attached hydrogens (primary N) is 1. The molecular weight excluding hydrogens is 156 g/mol. The van der Waals surface area contributed by atoms with Crippen molar-refractivity contribution in [3.63, 3.8) is 0 Å². The lowest BCUT2D eigenvalue weighted by Gasteiger charge is -1.95. The Morgan fingerprint density at radius 1 is 1.42 bits per heavy atom. The van der Waals surface area contributed by atoms with Gasteiger partial charge in [-0.1, -0.05) is 0 Å². The van der Waals surface area contributed by atoms with E-state index in [9.17, 15) is 0 Å². The van der Waals surface area contributed by atoms with Gasteiger partial charge in [0.1, 0.15) is 17.8 Å². The summed E-state index contributed by atoms with van der Waals surface area (Å²) in [6, 6.07) is 3.30. The summed E-state index contributed by atoms with van der Waals surface area (Å²) in [7, 11) is 1.41. The van der Waals surface area contributed by atoms with Gasteiger partial charge in [0.05, 0.1) is 7.11 Å². The molecule has 0 unspecified atom stereocenters. The van der Waals surface area contributed by atoms with E-state index in [1.165, 1.54) is 7.11 Å². The van der Waals surface area contributed by atoms with Gasteiger partial charge < -0.3 is 10.5 Å². The van der Waals surface area contributed by atoms with Crippen LogP contribution in [0.5, 0.6) is 0 Å². The smallest absolute Gasteiger partial charge is 0.185 e. The molecule has 0 saturated heterocycles. The molecule has 0 aromatic rings. The summed E-state index contributed by atoms with van der Waals surface area (Å²) >= 11 is 0. The van der Waals surface area contributed by atoms with Crippen LogP contribution in [0.3, 0.4) is 0 Å². The predicted octanol–water partition coefficient (Wildman–Crippen LogP) is 0.269. The topological polar surface area (TPSA) is 95.2 Å². The molecule has 12 heavy (non-hydrogen) atoms. The zero-order valence-electron chi connectivity index (χ0n) is 6.83. The minimum atomic E-state index is -0.214. The zero-order valence-corrected chi connectivity index (χ0v) is 6.83. The maximum Gasteiger partial charge on any atom is 0.185 e. The Bertz CT molecular complexity index is 302. The second-order valence-electron chi connectivity index (χ2n) is 1.82. The number of hydrogen-bond acceptors (Lipinski definition) is 5. The number of nitrogens with zero attached hydrogens (tertiary/aromatic N) is 3. The molecule has 0 saturated carbocycles. The number of hydrogen-bond donors (Lipinski definition) is 1. The number of ether oxygens (including phenoxy) is 1. The predicted molar refractivity (Wildman–Crippen MR) is 42.6 cm³/mol. The molecule has 0 radical (unpaired) electrons. The van der Waals surface area contributed by atoms with Gasteiger partial charge in [0.15, 0.2) is 11.6 Å². The third kappa shape index (κ3) is 2.72. The Kier molecular flexibility index (Phi) is 3.96. The highest BCUT2D eigenvalue weighted by molar-refractivity contribution is 5.75. The van der Waals surface area contributed by atoms with E-state index in [2.05, 4.69) is 9.73 Å². The van der Waals surface area contributed by atoms with Crippen LogP contribution in [0.15, 0.2) is 16.4 Å². The first-order chi connectivity index (χ1) is 5.65. The zero-order chi connectivity index (χ0) is 9.56. The van der Waals surface area contributed by atoms with E-state index in [1.54, 1.807) is 19.1 Å². The van der Waals surface area contributed by atoms with E-state index in [0.717, 1.165) is 0 Å². The number of aliphatic imine (C=N–C) groups is 1. The minimum absolute atomic E-state index is 0.128. The average Bonchev–Trinajstić information content (AvgIpc) is 2.12. The van der Waals surface area contributed by atoms with Crippen molar-refractivity contribution in [1.29, 1.82) is 10.5 Å². The Balaban J connectivity index is 4.90. The van der Waals surface area contributed by atoms with Crippen LogP contribution in [0.2, 0.25) is 0 Å². The third-order valence-electron chi connectivity index (χ3n) is 1.05. The van der Waals surface area contributed by atoms with Crippen LogP contribution >= 0.6 is 0 Å². The SMILES string of the molecule is COC(C)=NC(C#N)=C(N)C#N. The van der Waals surface area contributed by atoms with Crippen LogP contribution in [-0.4, -0.2) is 13.0 Å². The molecule has 0 fully saturated rings. The van der Waals surface area contributed by atoms with Crippen molar-refractivity contribution >= 4 is 5.90 Å². The van der Waals surface area contributed by atoms with Crippen molar-refractivity contribution in [3.8, 4) is 12.1 Å². The normalized spacial score (nSPS) is 12.5. The quantitative estimate of drug-likeness (QED) is 0.341. The molecule has 0 amide bonds. The van der Waals surface area contributed by atoms with Crippen LogP contribution in [-0.2, 0) is 4.74 Å². The second-order valence-corrected chi connectivity index (χ2v) is 1.82. The van der Waals surface area contributed by atoms with E-state index in [0.29, 0.717) is 0 Å². The molecule has 0 aliphatic heterocycles. The van der Waals surface area contributed by atoms with E-state index in [1.807, 2.05) is 0 Å². The molecule has 0 aromatic carbocycles. The van der Waals surface area contributed by atoms with Crippen LogP contribution < -0.4 is 5.73 Å². The maximum absolute atomic E-state index is 8.47. The summed E-state index contributed by atoms with van der Waals surface area (Å²) in [5.74, 6) is 0.282. The Morgan fingerprint density at radius 2 is 2.00 bits per heavy atom. The van der Waals surface area contributed by atoms with E-state index in [4.69, 9.17) is 16.3 Å². The Hall–Kier alpha value is -2.01. The summed E-state index contributed by atoms with van der Waals surface area (Å²) in [6.07, 6.45) is 0. The van der Waals surface area contributed by atoms with Gasteiger partial charge in [0.25, 0.3) is 0 Å². The fourth-order valence-electron chi connectivity index (χ4n) is 0.401.